The SMILES string of the molecule is O=C(C[C@H](c1ccc(Cl)cc1)c1ccc[nH]1)c1cccc[n+]1[O-]. The van der Waals surface area contributed by atoms with Crippen molar-refractivity contribution in [3.8, 4) is 0 Å². The van der Waals surface area contributed by atoms with Crippen molar-refractivity contribution in [1.82, 2.24) is 4.98 Å². The number of ketones is 1. The molecular weight excluding hydrogens is 312 g/mol. The number of rotatable bonds is 5. The van der Waals surface area contributed by atoms with E-state index in [1.54, 1.807) is 30.3 Å². The number of nitrogens with one attached hydrogen (secondary N) is 1. The zero-order valence-corrected chi connectivity index (χ0v) is 13.0. The number of carbonyl (C=O) groups is 1. The van der Waals surface area contributed by atoms with Gasteiger partial charge in [0.05, 0.1) is 0 Å². The Labute approximate surface area is 138 Å². The van der Waals surface area contributed by atoms with E-state index < -0.39 is 0 Å². The molecule has 5 heteroatoms. The molecule has 0 fully saturated rings. The van der Waals surface area contributed by atoms with Gasteiger partial charge in [-0.3, -0.25) is 4.79 Å². The van der Waals surface area contributed by atoms with Gasteiger partial charge in [0.25, 0.3) is 5.69 Å². The van der Waals surface area contributed by atoms with Gasteiger partial charge in [0.1, 0.15) is 0 Å². The molecule has 3 rings (SSSR count). The lowest BCUT2D eigenvalue weighted by Crippen LogP contribution is -2.34. The molecule has 0 bridgehead atoms. The zero-order chi connectivity index (χ0) is 16.2. The summed E-state index contributed by atoms with van der Waals surface area (Å²) in [5, 5.41) is 12.4. The molecule has 1 aromatic carbocycles. The highest BCUT2D eigenvalue weighted by atomic mass is 35.5. The number of Topliss-reactive ketones (excluding diaryl/α,β-unsaturated/α-hetero) is 1. The van der Waals surface area contributed by atoms with Gasteiger partial charge in [0, 0.05) is 41.4 Å². The Morgan fingerprint density at radius 1 is 1.13 bits per heavy atom. The van der Waals surface area contributed by atoms with Gasteiger partial charge in [-0.15, -0.1) is 0 Å². The predicted molar refractivity (Wildman–Crippen MR) is 88.4 cm³/mol. The molecule has 1 N–H and O–H groups in total. The topological polar surface area (TPSA) is 59.8 Å². The second-order valence-electron chi connectivity index (χ2n) is 5.27. The van der Waals surface area contributed by atoms with Crippen molar-refractivity contribution in [3.05, 3.63) is 94.2 Å². The largest absolute Gasteiger partial charge is 0.618 e. The van der Waals surface area contributed by atoms with Crippen molar-refractivity contribution in [3.63, 3.8) is 0 Å². The van der Waals surface area contributed by atoms with Gasteiger partial charge >= 0.3 is 0 Å². The molecule has 1 atom stereocenters. The summed E-state index contributed by atoms with van der Waals surface area (Å²) < 4.78 is 0.607. The second-order valence-corrected chi connectivity index (χ2v) is 5.71. The Morgan fingerprint density at radius 3 is 2.57 bits per heavy atom. The molecule has 0 saturated carbocycles. The Bertz CT molecular complexity index is 798. The highest BCUT2D eigenvalue weighted by molar-refractivity contribution is 6.30. The minimum atomic E-state index is -0.199. The lowest BCUT2D eigenvalue weighted by Gasteiger charge is -2.15. The van der Waals surface area contributed by atoms with Crippen molar-refractivity contribution in [2.45, 2.75) is 12.3 Å². The highest BCUT2D eigenvalue weighted by Gasteiger charge is 2.23. The van der Waals surface area contributed by atoms with Crippen molar-refractivity contribution in [2.75, 3.05) is 0 Å². The Morgan fingerprint density at radius 2 is 1.91 bits per heavy atom. The summed E-state index contributed by atoms with van der Waals surface area (Å²) in [6, 6.07) is 16.1. The lowest BCUT2D eigenvalue weighted by atomic mass is 9.90. The number of aromatic nitrogens is 2. The van der Waals surface area contributed by atoms with Gasteiger partial charge < -0.3 is 10.2 Å². The summed E-state index contributed by atoms with van der Waals surface area (Å²) in [7, 11) is 0. The molecule has 0 saturated heterocycles. The van der Waals surface area contributed by atoms with Crippen LogP contribution in [0.25, 0.3) is 0 Å². The summed E-state index contributed by atoms with van der Waals surface area (Å²) in [6.07, 6.45) is 3.35. The minimum Gasteiger partial charge on any atom is -0.618 e. The molecule has 0 aliphatic rings. The highest BCUT2D eigenvalue weighted by Crippen LogP contribution is 2.29. The van der Waals surface area contributed by atoms with Gasteiger partial charge in [0.2, 0.25) is 5.78 Å². The van der Waals surface area contributed by atoms with E-state index in [1.807, 2.05) is 30.5 Å². The van der Waals surface area contributed by atoms with Crippen molar-refractivity contribution in [1.29, 1.82) is 0 Å². The molecular formula is C18H15ClN2O2. The molecule has 0 unspecified atom stereocenters. The number of nitrogens with zero attached hydrogens (tertiary/aromatic N) is 1. The van der Waals surface area contributed by atoms with Crippen LogP contribution in [0.15, 0.2) is 67.0 Å². The van der Waals surface area contributed by atoms with Gasteiger partial charge in [-0.05, 0) is 35.9 Å². The number of hydrogen-bond acceptors (Lipinski definition) is 2. The minimum absolute atomic E-state index is 0.151. The number of hydrogen-bond donors (Lipinski definition) is 1. The van der Waals surface area contributed by atoms with E-state index in [1.165, 1.54) is 6.20 Å². The molecule has 2 aromatic heterocycles. The summed E-state index contributed by atoms with van der Waals surface area (Å²) in [5.74, 6) is -0.356. The summed E-state index contributed by atoms with van der Waals surface area (Å²) in [4.78, 5) is 15.7. The average Bonchev–Trinajstić information content (AvgIpc) is 3.08. The third-order valence-corrected chi connectivity index (χ3v) is 4.02. The number of benzene rings is 1. The van der Waals surface area contributed by atoms with E-state index in [0.29, 0.717) is 9.75 Å². The van der Waals surface area contributed by atoms with Crippen LogP contribution in [0.3, 0.4) is 0 Å². The van der Waals surface area contributed by atoms with Crippen molar-refractivity contribution < 1.29 is 9.52 Å². The van der Waals surface area contributed by atoms with Crippen molar-refractivity contribution in [2.24, 2.45) is 0 Å². The van der Waals surface area contributed by atoms with Crippen LogP contribution in [0, 0.1) is 5.21 Å². The fourth-order valence-corrected chi connectivity index (χ4v) is 2.72. The Hall–Kier alpha value is -2.59. The maximum absolute atomic E-state index is 12.6. The standard InChI is InChI=1S/C18H15ClN2O2/c19-14-8-6-13(7-9-14)15(16-4-3-10-20-16)12-18(22)17-5-1-2-11-21(17)23/h1-11,15,20H,12H2/t15-/m1/s1. The molecule has 0 spiro atoms. The molecule has 0 aliphatic carbocycles. The molecule has 0 aliphatic heterocycles. The third-order valence-electron chi connectivity index (χ3n) is 3.77. The van der Waals surface area contributed by atoms with E-state index >= 15 is 0 Å². The van der Waals surface area contributed by atoms with Gasteiger partial charge in [-0.25, -0.2) is 0 Å². The number of aromatic amines is 1. The molecule has 0 amide bonds. The van der Waals surface area contributed by atoms with Gasteiger partial charge in [-0.1, -0.05) is 23.7 Å². The van der Waals surface area contributed by atoms with E-state index in [2.05, 4.69) is 4.98 Å². The van der Waals surface area contributed by atoms with E-state index in [0.717, 1.165) is 11.3 Å². The first kappa shape index (κ1) is 15.3. The maximum atomic E-state index is 12.6. The third kappa shape index (κ3) is 3.43. The monoisotopic (exact) mass is 326 g/mol. The number of halogens is 1. The van der Waals surface area contributed by atoms with Crippen LogP contribution >= 0.6 is 11.6 Å². The zero-order valence-electron chi connectivity index (χ0n) is 12.3. The van der Waals surface area contributed by atoms with Gasteiger partial charge in [0.15, 0.2) is 6.20 Å². The molecule has 116 valence electrons. The van der Waals surface area contributed by atoms with E-state index in [4.69, 9.17) is 11.6 Å². The van der Waals surface area contributed by atoms with Crippen LogP contribution in [0.1, 0.15) is 34.1 Å². The molecule has 3 aromatic rings. The van der Waals surface area contributed by atoms with Crippen LogP contribution in [0.2, 0.25) is 5.02 Å². The van der Waals surface area contributed by atoms with Crippen LogP contribution in [-0.4, -0.2) is 10.8 Å². The normalized spacial score (nSPS) is 12.0. The van der Waals surface area contributed by atoms with E-state index in [9.17, 15) is 10.0 Å². The number of pyridine rings is 1. The summed E-state index contributed by atoms with van der Waals surface area (Å²) >= 11 is 5.94. The predicted octanol–water partition coefficient (Wildman–Crippen LogP) is 3.71. The first-order valence-electron chi connectivity index (χ1n) is 7.25. The fraction of sp³-hybridized carbons (Fsp3) is 0.111. The Balaban J connectivity index is 1.92. The van der Waals surface area contributed by atoms with Crippen molar-refractivity contribution >= 4 is 17.4 Å². The van der Waals surface area contributed by atoms with Crippen LogP contribution in [0.5, 0.6) is 0 Å². The average molecular weight is 327 g/mol. The van der Waals surface area contributed by atoms with Gasteiger partial charge in [-0.2, -0.15) is 4.73 Å². The fourth-order valence-electron chi connectivity index (χ4n) is 2.60. The molecule has 4 nitrogen and oxygen atoms in total. The molecule has 23 heavy (non-hydrogen) atoms. The number of carbonyl (C=O) groups excluding carboxylic acids is 1. The summed E-state index contributed by atoms with van der Waals surface area (Å²) in [6.45, 7) is 0. The van der Waals surface area contributed by atoms with Crippen LogP contribution in [-0.2, 0) is 0 Å². The van der Waals surface area contributed by atoms with E-state index in [-0.39, 0.29) is 23.8 Å². The smallest absolute Gasteiger partial charge is 0.259 e. The summed E-state index contributed by atoms with van der Waals surface area (Å²) in [5.41, 5.74) is 2.05. The Kier molecular flexibility index (Phi) is 4.44. The quantitative estimate of drug-likeness (QED) is 0.441. The second kappa shape index (κ2) is 6.67. The molecule has 0 radical (unpaired) electrons. The first-order chi connectivity index (χ1) is 11.1. The van der Waals surface area contributed by atoms with Crippen LogP contribution in [0.4, 0.5) is 0 Å². The van der Waals surface area contributed by atoms with Crippen LogP contribution < -0.4 is 4.73 Å². The lowest BCUT2D eigenvalue weighted by molar-refractivity contribution is -0.607. The maximum Gasteiger partial charge on any atom is 0.259 e. The first-order valence-corrected chi connectivity index (χ1v) is 7.63. The number of H-pyrrole nitrogens is 1. The molecule has 2 heterocycles.